The highest BCUT2D eigenvalue weighted by atomic mass is 35.5. The molecule has 0 N–H and O–H groups in total. The van der Waals surface area contributed by atoms with Gasteiger partial charge in [-0.3, -0.25) is 9.58 Å². The van der Waals surface area contributed by atoms with Gasteiger partial charge < -0.3 is 0 Å². The molecule has 3 nitrogen and oxygen atoms in total. The number of aromatic nitrogens is 2. The van der Waals surface area contributed by atoms with Crippen molar-refractivity contribution in [3.8, 4) is 0 Å². The van der Waals surface area contributed by atoms with Crippen LogP contribution >= 0.6 is 11.6 Å². The highest BCUT2D eigenvalue weighted by Crippen LogP contribution is 2.22. The zero-order chi connectivity index (χ0) is 14.8. The van der Waals surface area contributed by atoms with Crippen molar-refractivity contribution >= 4 is 22.5 Å². The van der Waals surface area contributed by atoms with Gasteiger partial charge in [0.2, 0.25) is 0 Å². The number of hydrogen-bond acceptors (Lipinski definition) is 2. The second-order valence-corrected chi connectivity index (χ2v) is 4.98. The number of alkyl halides is 4. The molecule has 0 radical (unpaired) electrons. The number of benzene rings is 1. The molecule has 0 bridgehead atoms. The highest BCUT2D eigenvalue weighted by molar-refractivity contribution is 6.18. The fourth-order valence-electron chi connectivity index (χ4n) is 2.20. The van der Waals surface area contributed by atoms with Crippen molar-refractivity contribution in [1.82, 2.24) is 14.7 Å². The molecule has 2 rings (SSSR count). The largest absolute Gasteiger partial charge is 0.401 e. The van der Waals surface area contributed by atoms with E-state index in [1.54, 1.807) is 11.7 Å². The lowest BCUT2D eigenvalue weighted by molar-refractivity contribution is -0.146. The molecule has 1 aromatic heterocycles. The van der Waals surface area contributed by atoms with Gasteiger partial charge in [0.25, 0.3) is 0 Å². The zero-order valence-electron chi connectivity index (χ0n) is 11.0. The maximum absolute atomic E-state index is 12.5. The Labute approximate surface area is 119 Å². The van der Waals surface area contributed by atoms with Crippen molar-refractivity contribution in [2.75, 3.05) is 19.0 Å². The predicted molar refractivity (Wildman–Crippen MR) is 72.8 cm³/mol. The Morgan fingerprint density at radius 3 is 2.65 bits per heavy atom. The van der Waals surface area contributed by atoms with Gasteiger partial charge in [0, 0.05) is 31.4 Å². The summed E-state index contributed by atoms with van der Waals surface area (Å²) in [5.74, 6) is 0.154. The number of halogens is 4. The molecule has 20 heavy (non-hydrogen) atoms. The van der Waals surface area contributed by atoms with Crippen LogP contribution in [0.3, 0.4) is 0 Å². The van der Waals surface area contributed by atoms with Gasteiger partial charge in [-0.25, -0.2) is 0 Å². The third-order valence-corrected chi connectivity index (χ3v) is 3.18. The molecule has 0 saturated heterocycles. The van der Waals surface area contributed by atoms with Crippen LogP contribution in [0.2, 0.25) is 0 Å². The van der Waals surface area contributed by atoms with E-state index >= 15 is 0 Å². The van der Waals surface area contributed by atoms with E-state index in [1.165, 1.54) is 4.90 Å². The zero-order valence-corrected chi connectivity index (χ0v) is 11.7. The van der Waals surface area contributed by atoms with Crippen LogP contribution in [0.25, 0.3) is 10.9 Å². The molecule has 0 aliphatic carbocycles. The number of para-hydroxylation sites is 1. The summed E-state index contributed by atoms with van der Waals surface area (Å²) in [6.07, 6.45) is -4.24. The van der Waals surface area contributed by atoms with Crippen LogP contribution in [0.4, 0.5) is 13.2 Å². The van der Waals surface area contributed by atoms with Gasteiger partial charge in [-0.2, -0.15) is 18.3 Å². The molecule has 0 aliphatic heterocycles. The molecule has 1 heterocycles. The summed E-state index contributed by atoms with van der Waals surface area (Å²) >= 11 is 5.58. The third-order valence-electron chi connectivity index (χ3n) is 3.01. The smallest absolute Gasteiger partial charge is 0.288 e. The van der Waals surface area contributed by atoms with Crippen LogP contribution in [0.5, 0.6) is 0 Å². The maximum atomic E-state index is 12.5. The van der Waals surface area contributed by atoms with Gasteiger partial charge in [-0.15, -0.1) is 11.6 Å². The number of fused-ring (bicyclic) bond motifs is 1. The lowest BCUT2D eigenvalue weighted by Gasteiger charge is -2.21. The number of hydrogen-bond donors (Lipinski definition) is 0. The minimum atomic E-state index is -4.24. The van der Waals surface area contributed by atoms with Gasteiger partial charge in [-0.1, -0.05) is 18.2 Å². The molecule has 0 unspecified atom stereocenters. The van der Waals surface area contributed by atoms with Crippen molar-refractivity contribution in [2.24, 2.45) is 7.05 Å². The quantitative estimate of drug-likeness (QED) is 0.791. The van der Waals surface area contributed by atoms with Crippen LogP contribution in [0.1, 0.15) is 5.69 Å². The maximum Gasteiger partial charge on any atom is 0.401 e. The molecule has 0 aliphatic rings. The predicted octanol–water partition coefficient (Wildman–Crippen LogP) is 3.18. The van der Waals surface area contributed by atoms with Gasteiger partial charge in [0.05, 0.1) is 17.8 Å². The minimum absolute atomic E-state index is 0.133. The van der Waals surface area contributed by atoms with Gasteiger partial charge in [0.1, 0.15) is 0 Å². The first kappa shape index (κ1) is 15.1. The van der Waals surface area contributed by atoms with E-state index < -0.39 is 12.7 Å². The summed E-state index contributed by atoms with van der Waals surface area (Å²) in [6, 6.07) is 7.48. The van der Waals surface area contributed by atoms with Crippen molar-refractivity contribution in [2.45, 2.75) is 12.7 Å². The topological polar surface area (TPSA) is 21.1 Å². The van der Waals surface area contributed by atoms with E-state index in [0.29, 0.717) is 5.69 Å². The first-order chi connectivity index (χ1) is 9.40. The molecule has 0 amide bonds. The van der Waals surface area contributed by atoms with Gasteiger partial charge in [-0.05, 0) is 6.07 Å². The minimum Gasteiger partial charge on any atom is -0.288 e. The summed E-state index contributed by atoms with van der Waals surface area (Å²) < 4.78 is 39.3. The molecular weight excluding hydrogens is 291 g/mol. The molecule has 0 saturated carbocycles. The second-order valence-electron chi connectivity index (χ2n) is 4.60. The van der Waals surface area contributed by atoms with E-state index in [1.807, 2.05) is 24.3 Å². The van der Waals surface area contributed by atoms with E-state index in [0.717, 1.165) is 10.9 Å². The van der Waals surface area contributed by atoms with Crippen molar-refractivity contribution in [1.29, 1.82) is 0 Å². The Kier molecular flexibility index (Phi) is 4.55. The molecule has 0 spiro atoms. The lowest BCUT2D eigenvalue weighted by atomic mass is 10.2. The van der Waals surface area contributed by atoms with Crippen molar-refractivity contribution < 1.29 is 13.2 Å². The van der Waals surface area contributed by atoms with Crippen LogP contribution in [0, 0.1) is 0 Å². The Balaban J connectivity index is 2.24. The summed E-state index contributed by atoms with van der Waals surface area (Å²) in [5.41, 5.74) is 1.54. The number of aryl methyl sites for hydroxylation is 1. The molecule has 1 aromatic carbocycles. The van der Waals surface area contributed by atoms with Crippen LogP contribution < -0.4 is 0 Å². The summed E-state index contributed by atoms with van der Waals surface area (Å²) in [6.45, 7) is -0.676. The van der Waals surface area contributed by atoms with Gasteiger partial charge >= 0.3 is 6.18 Å². The fourth-order valence-corrected chi connectivity index (χ4v) is 2.44. The lowest BCUT2D eigenvalue weighted by Crippen LogP contribution is -2.35. The van der Waals surface area contributed by atoms with Crippen LogP contribution in [-0.2, 0) is 13.6 Å². The standard InChI is InChI=1S/C13H15ClF3N3/c1-19-12-5-3-2-4-10(12)11(18-19)8-20(7-6-14)9-13(15,16)17/h2-5H,6-9H2,1H3. The summed E-state index contributed by atoms with van der Waals surface area (Å²) in [4.78, 5) is 1.27. The Bertz CT molecular complexity index is 580. The Morgan fingerprint density at radius 1 is 1.30 bits per heavy atom. The monoisotopic (exact) mass is 305 g/mol. The number of rotatable bonds is 5. The van der Waals surface area contributed by atoms with E-state index in [4.69, 9.17) is 11.6 Å². The third kappa shape index (κ3) is 3.64. The molecule has 110 valence electrons. The van der Waals surface area contributed by atoms with E-state index in [9.17, 15) is 13.2 Å². The normalized spacial score (nSPS) is 12.5. The van der Waals surface area contributed by atoms with Crippen molar-refractivity contribution in [3.05, 3.63) is 30.0 Å². The van der Waals surface area contributed by atoms with Gasteiger partial charge in [0.15, 0.2) is 0 Å². The Hall–Kier alpha value is -1.27. The first-order valence-corrected chi connectivity index (χ1v) is 6.70. The summed E-state index contributed by atoms with van der Waals surface area (Å²) in [7, 11) is 1.78. The average Bonchev–Trinajstić information content (AvgIpc) is 2.65. The summed E-state index contributed by atoms with van der Waals surface area (Å²) in [5, 5.41) is 5.18. The van der Waals surface area contributed by atoms with E-state index in [-0.39, 0.29) is 19.0 Å². The average molecular weight is 306 g/mol. The second kappa shape index (κ2) is 6.01. The fraction of sp³-hybridized carbons (Fsp3) is 0.462. The molecular formula is C13H15ClF3N3. The Morgan fingerprint density at radius 2 is 2.00 bits per heavy atom. The van der Waals surface area contributed by atoms with Crippen LogP contribution in [-0.4, -0.2) is 39.8 Å². The molecule has 0 atom stereocenters. The van der Waals surface area contributed by atoms with Crippen molar-refractivity contribution in [3.63, 3.8) is 0 Å². The van der Waals surface area contributed by atoms with Crippen LogP contribution in [0.15, 0.2) is 24.3 Å². The molecule has 2 aromatic rings. The van der Waals surface area contributed by atoms with E-state index in [2.05, 4.69) is 5.10 Å². The molecule has 0 fully saturated rings. The SMILES string of the molecule is Cn1nc(CN(CCCl)CC(F)(F)F)c2ccccc21. The first-order valence-electron chi connectivity index (χ1n) is 6.16. The number of nitrogens with zero attached hydrogens (tertiary/aromatic N) is 3. The highest BCUT2D eigenvalue weighted by Gasteiger charge is 2.31. The molecule has 7 heteroatoms.